The van der Waals surface area contributed by atoms with E-state index < -0.39 is 0 Å². The van der Waals surface area contributed by atoms with Gasteiger partial charge in [0.15, 0.2) is 0 Å². The Hall–Kier alpha value is -1.95. The smallest absolute Gasteiger partial charge is 0.123 e. The number of aromatic nitrogens is 3. The van der Waals surface area contributed by atoms with E-state index >= 15 is 0 Å². The Morgan fingerprint density at radius 3 is 2.84 bits per heavy atom. The van der Waals surface area contributed by atoms with Gasteiger partial charge in [0.2, 0.25) is 0 Å². The molecule has 2 aromatic rings. The van der Waals surface area contributed by atoms with Crippen LogP contribution in [0.25, 0.3) is 0 Å². The fourth-order valence-corrected chi connectivity index (χ4v) is 1.57. The minimum Gasteiger partial charge on any atom is -0.492 e. The maximum absolute atomic E-state index is 12.7. The molecule has 1 N–H and O–H groups in total. The summed E-state index contributed by atoms with van der Waals surface area (Å²) in [6, 6.07) is 5.96. The molecule has 1 heterocycles. The van der Waals surface area contributed by atoms with E-state index in [1.165, 1.54) is 12.1 Å². The Morgan fingerprint density at radius 2 is 2.11 bits per heavy atom. The summed E-state index contributed by atoms with van der Waals surface area (Å²) in [5.74, 6) is 0.381. The van der Waals surface area contributed by atoms with Crippen molar-refractivity contribution in [3.8, 4) is 5.75 Å². The van der Waals surface area contributed by atoms with E-state index in [1.807, 2.05) is 13.1 Å². The molecule has 0 spiro atoms. The van der Waals surface area contributed by atoms with Gasteiger partial charge in [-0.25, -0.2) is 9.07 Å². The highest BCUT2D eigenvalue weighted by molar-refractivity contribution is 5.21. The van der Waals surface area contributed by atoms with Crippen molar-refractivity contribution in [3.05, 3.63) is 42.0 Å². The molecular formula is C13H17FN4O. The van der Waals surface area contributed by atoms with Crippen molar-refractivity contribution in [2.45, 2.75) is 20.0 Å². The van der Waals surface area contributed by atoms with Gasteiger partial charge in [-0.15, -0.1) is 5.10 Å². The Kier molecular flexibility index (Phi) is 4.85. The lowest BCUT2D eigenvalue weighted by Gasteiger charge is -2.05. The minimum atomic E-state index is -0.267. The second kappa shape index (κ2) is 6.84. The first kappa shape index (κ1) is 13.5. The third kappa shape index (κ3) is 4.33. The molecule has 2 rings (SSSR count). The molecule has 0 bridgehead atoms. The summed E-state index contributed by atoms with van der Waals surface area (Å²) in [7, 11) is 0. The van der Waals surface area contributed by atoms with Gasteiger partial charge in [0.1, 0.15) is 18.2 Å². The summed E-state index contributed by atoms with van der Waals surface area (Å²) in [6.07, 6.45) is 1.89. The van der Waals surface area contributed by atoms with Gasteiger partial charge in [-0.1, -0.05) is 12.1 Å². The zero-order valence-corrected chi connectivity index (χ0v) is 10.8. The topological polar surface area (TPSA) is 52.0 Å². The predicted octanol–water partition coefficient (Wildman–Crippen LogP) is 1.61. The van der Waals surface area contributed by atoms with Crippen LogP contribution in [-0.2, 0) is 13.1 Å². The molecule has 102 valence electrons. The number of hydrogen-bond acceptors (Lipinski definition) is 4. The third-order valence-electron chi connectivity index (χ3n) is 2.54. The van der Waals surface area contributed by atoms with Crippen LogP contribution in [0.2, 0.25) is 0 Å². The van der Waals surface area contributed by atoms with E-state index in [9.17, 15) is 4.39 Å². The van der Waals surface area contributed by atoms with E-state index in [4.69, 9.17) is 4.74 Å². The highest BCUT2D eigenvalue weighted by atomic mass is 19.1. The van der Waals surface area contributed by atoms with Gasteiger partial charge in [-0.3, -0.25) is 0 Å². The summed E-state index contributed by atoms with van der Waals surface area (Å²) in [6.45, 7) is 4.74. The molecule has 0 aliphatic carbocycles. The minimum absolute atomic E-state index is 0.267. The van der Waals surface area contributed by atoms with Crippen molar-refractivity contribution in [2.24, 2.45) is 0 Å². The zero-order chi connectivity index (χ0) is 13.5. The van der Waals surface area contributed by atoms with E-state index in [1.54, 1.807) is 16.8 Å². The van der Waals surface area contributed by atoms with Crippen molar-refractivity contribution in [2.75, 3.05) is 13.2 Å². The highest BCUT2D eigenvalue weighted by Gasteiger charge is 2.00. The van der Waals surface area contributed by atoms with Crippen LogP contribution in [0.4, 0.5) is 4.39 Å². The summed E-state index contributed by atoms with van der Waals surface area (Å²) < 4.78 is 19.9. The second-order valence-electron chi connectivity index (χ2n) is 4.06. The van der Waals surface area contributed by atoms with E-state index in [-0.39, 0.29) is 5.82 Å². The Bertz CT molecular complexity index is 498. The molecule has 6 heteroatoms. The van der Waals surface area contributed by atoms with Gasteiger partial charge in [0.05, 0.1) is 12.2 Å². The van der Waals surface area contributed by atoms with Crippen molar-refractivity contribution in [1.82, 2.24) is 20.3 Å². The zero-order valence-electron chi connectivity index (χ0n) is 10.8. The largest absolute Gasteiger partial charge is 0.492 e. The van der Waals surface area contributed by atoms with Gasteiger partial charge >= 0.3 is 0 Å². The SMILES string of the molecule is CCNCc1cn(CCOc2ccc(F)cc2)nn1. The monoisotopic (exact) mass is 264 g/mol. The molecule has 5 nitrogen and oxygen atoms in total. The number of halogens is 1. The summed E-state index contributed by atoms with van der Waals surface area (Å²) >= 11 is 0. The standard InChI is InChI=1S/C13H17FN4O/c1-2-15-9-12-10-18(17-16-12)7-8-19-13-5-3-11(14)4-6-13/h3-6,10,15H,2,7-9H2,1H3. The molecule has 0 saturated heterocycles. The lowest BCUT2D eigenvalue weighted by molar-refractivity contribution is 0.289. The van der Waals surface area contributed by atoms with Crippen LogP contribution in [0.1, 0.15) is 12.6 Å². The first-order chi connectivity index (χ1) is 9.28. The lowest BCUT2D eigenvalue weighted by Crippen LogP contribution is -2.12. The molecule has 0 aliphatic heterocycles. The van der Waals surface area contributed by atoms with Gasteiger partial charge in [-0.2, -0.15) is 0 Å². The summed E-state index contributed by atoms with van der Waals surface area (Å²) in [5, 5.41) is 11.2. The molecule has 0 aliphatic rings. The predicted molar refractivity (Wildman–Crippen MR) is 69.3 cm³/mol. The van der Waals surface area contributed by atoms with Crippen LogP contribution < -0.4 is 10.1 Å². The van der Waals surface area contributed by atoms with Crippen LogP contribution in [0.15, 0.2) is 30.5 Å². The van der Waals surface area contributed by atoms with Crippen molar-refractivity contribution >= 4 is 0 Å². The Morgan fingerprint density at radius 1 is 1.32 bits per heavy atom. The van der Waals surface area contributed by atoms with E-state index in [2.05, 4.69) is 15.6 Å². The molecule has 19 heavy (non-hydrogen) atoms. The fourth-order valence-electron chi connectivity index (χ4n) is 1.57. The molecule has 0 amide bonds. The van der Waals surface area contributed by atoms with Crippen molar-refractivity contribution in [3.63, 3.8) is 0 Å². The number of benzene rings is 1. The van der Waals surface area contributed by atoms with Crippen LogP contribution >= 0.6 is 0 Å². The van der Waals surface area contributed by atoms with Crippen LogP contribution in [0.5, 0.6) is 5.75 Å². The molecule has 0 fully saturated rings. The van der Waals surface area contributed by atoms with Crippen LogP contribution in [0.3, 0.4) is 0 Å². The quantitative estimate of drug-likeness (QED) is 0.825. The van der Waals surface area contributed by atoms with E-state index in [0.29, 0.717) is 18.9 Å². The van der Waals surface area contributed by atoms with Gasteiger partial charge in [0, 0.05) is 12.7 Å². The Labute approximate surface area is 111 Å². The third-order valence-corrected chi connectivity index (χ3v) is 2.54. The maximum atomic E-state index is 12.7. The number of nitrogens with one attached hydrogen (secondary N) is 1. The van der Waals surface area contributed by atoms with Crippen LogP contribution in [0, 0.1) is 5.82 Å². The lowest BCUT2D eigenvalue weighted by atomic mass is 10.3. The Balaban J connectivity index is 1.76. The molecule has 0 atom stereocenters. The van der Waals surface area contributed by atoms with Gasteiger partial charge < -0.3 is 10.1 Å². The summed E-state index contributed by atoms with van der Waals surface area (Å²) in [5.41, 5.74) is 0.906. The molecule has 0 saturated carbocycles. The van der Waals surface area contributed by atoms with Crippen molar-refractivity contribution in [1.29, 1.82) is 0 Å². The molecule has 0 unspecified atom stereocenters. The number of nitrogens with zero attached hydrogens (tertiary/aromatic N) is 3. The number of hydrogen-bond donors (Lipinski definition) is 1. The highest BCUT2D eigenvalue weighted by Crippen LogP contribution is 2.10. The van der Waals surface area contributed by atoms with Gasteiger partial charge in [0.25, 0.3) is 0 Å². The second-order valence-corrected chi connectivity index (χ2v) is 4.06. The summed E-state index contributed by atoms with van der Waals surface area (Å²) in [4.78, 5) is 0. The fraction of sp³-hybridized carbons (Fsp3) is 0.385. The number of rotatable bonds is 7. The first-order valence-corrected chi connectivity index (χ1v) is 6.26. The molecule has 1 aromatic heterocycles. The molecular weight excluding hydrogens is 247 g/mol. The average Bonchev–Trinajstić information content (AvgIpc) is 2.87. The van der Waals surface area contributed by atoms with E-state index in [0.717, 1.165) is 18.8 Å². The number of ether oxygens (including phenoxy) is 1. The molecule has 0 radical (unpaired) electrons. The maximum Gasteiger partial charge on any atom is 0.123 e. The average molecular weight is 264 g/mol. The van der Waals surface area contributed by atoms with Gasteiger partial charge in [-0.05, 0) is 30.8 Å². The first-order valence-electron chi connectivity index (χ1n) is 6.26. The molecule has 1 aromatic carbocycles. The normalized spacial score (nSPS) is 10.6. The van der Waals surface area contributed by atoms with Crippen molar-refractivity contribution < 1.29 is 9.13 Å². The van der Waals surface area contributed by atoms with Crippen LogP contribution in [-0.4, -0.2) is 28.1 Å².